The van der Waals surface area contributed by atoms with Crippen LogP contribution in [-0.4, -0.2) is 27.2 Å². The molecule has 0 aliphatic carbocycles. The Morgan fingerprint density at radius 2 is 0.860 bits per heavy atom. The molecule has 57 heavy (non-hydrogen) atoms. The van der Waals surface area contributed by atoms with Crippen LogP contribution >= 0.6 is 0 Å². The first kappa shape index (κ1) is 32.0. The first-order valence-corrected chi connectivity index (χ1v) is 21.5. The fourth-order valence-corrected chi connectivity index (χ4v) is 14.9. The Morgan fingerprint density at radius 3 is 1.51 bits per heavy atom. The molecule has 0 saturated carbocycles. The van der Waals surface area contributed by atoms with Crippen LogP contribution in [-0.2, 0) is 0 Å². The van der Waals surface area contributed by atoms with Gasteiger partial charge in [-0.05, 0) is 52.0 Å². The molecule has 0 spiro atoms. The standard InChI is InChI=1S/C52H34N4Si/c1-5-19-35(20-6-1)49-51-50(41-29-15-18-32-48(41)57(51,37-23-9-3-10-24-37)38-25-11-4-12-26-38)54-52(53-49)56-45-31-17-14-28-40(45)43-33-42-39-27-13-16-30-44(39)55(46(42)34-47(43)56)36-21-7-2-8-22-36/h1-34H. The summed E-state index contributed by atoms with van der Waals surface area (Å²) in [6, 6.07) is 74.8. The summed E-state index contributed by atoms with van der Waals surface area (Å²) in [5.41, 5.74) is 9.87. The van der Waals surface area contributed by atoms with E-state index in [9.17, 15) is 0 Å². The molecule has 0 amide bonds. The summed E-state index contributed by atoms with van der Waals surface area (Å²) in [4.78, 5) is 11.5. The maximum Gasteiger partial charge on any atom is 0.235 e. The highest BCUT2D eigenvalue weighted by Crippen LogP contribution is 2.40. The van der Waals surface area contributed by atoms with Gasteiger partial charge in [-0.1, -0.05) is 170 Å². The van der Waals surface area contributed by atoms with Crippen molar-refractivity contribution in [2.24, 2.45) is 0 Å². The van der Waals surface area contributed by atoms with E-state index in [-0.39, 0.29) is 0 Å². The third-order valence-corrected chi connectivity index (χ3v) is 16.9. The number of hydrogen-bond acceptors (Lipinski definition) is 2. The van der Waals surface area contributed by atoms with E-state index in [1.165, 1.54) is 53.4 Å². The highest BCUT2D eigenvalue weighted by molar-refractivity contribution is 7.22. The maximum absolute atomic E-state index is 5.77. The molecule has 0 atom stereocenters. The van der Waals surface area contributed by atoms with Crippen molar-refractivity contribution in [3.05, 3.63) is 206 Å². The Hall–Kier alpha value is -7.34. The summed E-state index contributed by atoms with van der Waals surface area (Å²) in [5, 5.41) is 10.0. The smallest absolute Gasteiger partial charge is 0.235 e. The molecule has 4 nitrogen and oxygen atoms in total. The van der Waals surface area contributed by atoms with Crippen LogP contribution in [0.4, 0.5) is 0 Å². The molecule has 12 rings (SSSR count). The second-order valence-corrected chi connectivity index (χ2v) is 18.6. The van der Waals surface area contributed by atoms with Gasteiger partial charge in [-0.3, -0.25) is 4.57 Å². The van der Waals surface area contributed by atoms with Crippen LogP contribution < -0.4 is 20.7 Å². The van der Waals surface area contributed by atoms with Crippen molar-refractivity contribution in [2.45, 2.75) is 0 Å². The third-order valence-electron chi connectivity index (χ3n) is 12.0. The van der Waals surface area contributed by atoms with Crippen LogP contribution in [0.5, 0.6) is 0 Å². The van der Waals surface area contributed by atoms with Crippen LogP contribution in [0.15, 0.2) is 206 Å². The zero-order chi connectivity index (χ0) is 37.5. The van der Waals surface area contributed by atoms with Crippen LogP contribution in [0.1, 0.15) is 0 Å². The molecule has 0 N–H and O–H groups in total. The monoisotopic (exact) mass is 742 g/mol. The molecule has 11 aromatic rings. The van der Waals surface area contributed by atoms with Gasteiger partial charge in [0.25, 0.3) is 0 Å². The second-order valence-electron chi connectivity index (χ2n) is 14.9. The summed E-state index contributed by atoms with van der Waals surface area (Å²) in [6.45, 7) is 0. The van der Waals surface area contributed by atoms with E-state index >= 15 is 0 Å². The van der Waals surface area contributed by atoms with Gasteiger partial charge in [-0.2, -0.15) is 0 Å². The first-order valence-electron chi connectivity index (χ1n) is 19.5. The van der Waals surface area contributed by atoms with E-state index < -0.39 is 8.07 Å². The zero-order valence-corrected chi connectivity index (χ0v) is 31.9. The largest absolute Gasteiger partial charge is 0.309 e. The predicted octanol–water partition coefficient (Wildman–Crippen LogP) is 9.70. The van der Waals surface area contributed by atoms with E-state index in [1.807, 2.05) is 0 Å². The van der Waals surface area contributed by atoms with Crippen LogP contribution in [0.25, 0.3) is 77.8 Å². The van der Waals surface area contributed by atoms with E-state index in [2.05, 4.69) is 215 Å². The minimum absolute atomic E-state index is 0.668. The van der Waals surface area contributed by atoms with Crippen LogP contribution in [0.2, 0.25) is 0 Å². The topological polar surface area (TPSA) is 35.6 Å². The van der Waals surface area contributed by atoms with Gasteiger partial charge in [0, 0.05) is 43.5 Å². The Morgan fingerprint density at radius 1 is 0.368 bits per heavy atom. The van der Waals surface area contributed by atoms with E-state index in [1.54, 1.807) is 0 Å². The fourth-order valence-electron chi connectivity index (χ4n) is 9.70. The van der Waals surface area contributed by atoms with E-state index in [0.717, 1.165) is 39.2 Å². The molecule has 5 heteroatoms. The molecular weight excluding hydrogens is 709 g/mol. The zero-order valence-electron chi connectivity index (χ0n) is 30.9. The summed E-state index contributed by atoms with van der Waals surface area (Å²) >= 11 is 0. The molecule has 1 aliphatic rings. The number of aromatic nitrogens is 4. The highest BCUT2D eigenvalue weighted by atomic mass is 28.3. The van der Waals surface area contributed by atoms with Crippen LogP contribution in [0.3, 0.4) is 0 Å². The summed E-state index contributed by atoms with van der Waals surface area (Å²) in [7, 11) is -2.91. The van der Waals surface area contributed by atoms with Gasteiger partial charge in [0.15, 0.2) is 8.07 Å². The Labute approximate surface area is 330 Å². The molecular formula is C52H34N4Si. The molecule has 0 radical (unpaired) electrons. The minimum Gasteiger partial charge on any atom is -0.309 e. The lowest BCUT2D eigenvalue weighted by Crippen LogP contribution is -2.73. The van der Waals surface area contributed by atoms with Gasteiger partial charge >= 0.3 is 0 Å². The number of nitrogens with zero attached hydrogens (tertiary/aromatic N) is 4. The predicted molar refractivity (Wildman–Crippen MR) is 239 cm³/mol. The molecule has 4 heterocycles. The summed E-state index contributed by atoms with van der Waals surface area (Å²) in [5.74, 6) is 0.668. The average molecular weight is 743 g/mol. The van der Waals surface area contributed by atoms with E-state index in [4.69, 9.17) is 9.97 Å². The number of para-hydroxylation sites is 3. The van der Waals surface area contributed by atoms with Crippen molar-refractivity contribution >= 4 is 72.4 Å². The second kappa shape index (κ2) is 12.3. The van der Waals surface area contributed by atoms with Gasteiger partial charge in [0.05, 0.1) is 33.5 Å². The molecule has 3 aromatic heterocycles. The molecule has 0 fully saturated rings. The number of hydrogen-bond donors (Lipinski definition) is 0. The lowest BCUT2D eigenvalue weighted by Gasteiger charge is -2.32. The summed E-state index contributed by atoms with van der Waals surface area (Å²) in [6.07, 6.45) is 0. The molecule has 0 bridgehead atoms. The SMILES string of the molecule is c1ccc(-c2nc(-n3c4ccccc4c4cc5c6ccccc6n(-c6ccccc6)c5cc43)nc3c2[Si](c2ccccc2)(c2ccccc2)c2ccccc2-3)cc1. The van der Waals surface area contributed by atoms with Gasteiger partial charge in [-0.15, -0.1) is 0 Å². The van der Waals surface area contributed by atoms with Crippen molar-refractivity contribution < 1.29 is 0 Å². The van der Waals surface area contributed by atoms with Crippen molar-refractivity contribution in [1.29, 1.82) is 0 Å². The van der Waals surface area contributed by atoms with Crippen molar-refractivity contribution in [3.63, 3.8) is 0 Å². The van der Waals surface area contributed by atoms with Crippen LogP contribution in [0, 0.1) is 0 Å². The molecule has 0 unspecified atom stereocenters. The quantitative estimate of drug-likeness (QED) is 0.165. The van der Waals surface area contributed by atoms with Gasteiger partial charge in [0.2, 0.25) is 5.95 Å². The lowest BCUT2D eigenvalue weighted by atomic mass is 10.1. The van der Waals surface area contributed by atoms with Gasteiger partial charge < -0.3 is 4.57 Å². The van der Waals surface area contributed by atoms with Gasteiger partial charge in [-0.25, -0.2) is 9.97 Å². The Kier molecular flexibility index (Phi) is 6.91. The minimum atomic E-state index is -2.91. The van der Waals surface area contributed by atoms with Crippen molar-refractivity contribution in [3.8, 4) is 34.2 Å². The molecule has 266 valence electrons. The fraction of sp³-hybridized carbons (Fsp3) is 0. The summed E-state index contributed by atoms with van der Waals surface area (Å²) < 4.78 is 4.69. The van der Waals surface area contributed by atoms with Gasteiger partial charge in [0.1, 0.15) is 0 Å². The molecule has 1 aliphatic heterocycles. The third kappa shape index (κ3) is 4.49. The maximum atomic E-state index is 5.77. The average Bonchev–Trinajstić information content (AvgIpc) is 3.90. The Bertz CT molecular complexity index is 3290. The first-order chi connectivity index (χ1) is 28.3. The molecule has 8 aromatic carbocycles. The Balaban J connectivity index is 1.24. The number of rotatable bonds is 5. The molecule has 0 saturated heterocycles. The normalized spacial score (nSPS) is 13.1. The lowest BCUT2D eigenvalue weighted by molar-refractivity contribution is 1.00. The van der Waals surface area contributed by atoms with Crippen molar-refractivity contribution in [1.82, 2.24) is 19.1 Å². The number of benzene rings is 8. The van der Waals surface area contributed by atoms with Crippen molar-refractivity contribution in [2.75, 3.05) is 0 Å². The van der Waals surface area contributed by atoms with E-state index in [0.29, 0.717) is 5.95 Å². The number of fused-ring (bicyclic) bond motifs is 9. The highest BCUT2D eigenvalue weighted by Gasteiger charge is 2.51.